The summed E-state index contributed by atoms with van der Waals surface area (Å²) >= 11 is 0. The van der Waals surface area contributed by atoms with Crippen LogP contribution in [0.5, 0.6) is 0 Å². The van der Waals surface area contributed by atoms with Crippen molar-refractivity contribution in [2.45, 2.75) is 32.7 Å². The molecule has 1 saturated heterocycles. The zero-order valence-corrected chi connectivity index (χ0v) is 18.2. The Kier molecular flexibility index (Phi) is 5.48. The summed E-state index contributed by atoms with van der Waals surface area (Å²) in [6.45, 7) is 5.94. The van der Waals surface area contributed by atoms with Gasteiger partial charge in [0.15, 0.2) is 0 Å². The van der Waals surface area contributed by atoms with Gasteiger partial charge in [0.2, 0.25) is 0 Å². The van der Waals surface area contributed by atoms with Gasteiger partial charge in [0.25, 0.3) is 11.8 Å². The Bertz CT molecular complexity index is 1000. The van der Waals surface area contributed by atoms with Crippen LogP contribution in [0.4, 0.5) is 5.69 Å². The van der Waals surface area contributed by atoms with Crippen LogP contribution >= 0.6 is 0 Å². The summed E-state index contributed by atoms with van der Waals surface area (Å²) in [5, 5.41) is 0. The topological polar surface area (TPSA) is 43.9 Å². The highest BCUT2D eigenvalue weighted by molar-refractivity contribution is 6.45. The quantitative estimate of drug-likeness (QED) is 0.732. The molecule has 5 nitrogen and oxygen atoms in total. The Hall–Kier alpha value is -2.92. The monoisotopic (exact) mass is 403 g/mol. The molecule has 5 heteroatoms. The predicted molar refractivity (Wildman–Crippen MR) is 120 cm³/mol. The van der Waals surface area contributed by atoms with E-state index < -0.39 is 0 Å². The zero-order chi connectivity index (χ0) is 21.4. The predicted octanol–water partition coefficient (Wildman–Crippen LogP) is 3.61. The third-order valence-corrected chi connectivity index (χ3v) is 6.30. The number of anilines is 1. The summed E-state index contributed by atoms with van der Waals surface area (Å²) in [6.07, 6.45) is 1.95. The number of piperidine rings is 1. The Morgan fingerprint density at radius 3 is 2.23 bits per heavy atom. The molecule has 2 aromatic rings. The minimum atomic E-state index is -0.243. The lowest BCUT2D eigenvalue weighted by molar-refractivity contribution is -0.120. The second-order valence-corrected chi connectivity index (χ2v) is 8.47. The van der Waals surface area contributed by atoms with E-state index >= 15 is 0 Å². The van der Waals surface area contributed by atoms with Gasteiger partial charge in [0.1, 0.15) is 5.70 Å². The van der Waals surface area contributed by atoms with Gasteiger partial charge in [-0.05, 0) is 64.0 Å². The second-order valence-electron chi connectivity index (χ2n) is 8.47. The van der Waals surface area contributed by atoms with Crippen molar-refractivity contribution < 1.29 is 9.59 Å². The van der Waals surface area contributed by atoms with E-state index in [9.17, 15) is 9.59 Å². The molecule has 0 unspecified atom stereocenters. The Morgan fingerprint density at radius 2 is 1.60 bits per heavy atom. The van der Waals surface area contributed by atoms with E-state index in [1.165, 1.54) is 4.90 Å². The van der Waals surface area contributed by atoms with E-state index in [1.54, 1.807) is 0 Å². The minimum Gasteiger partial charge on any atom is -0.366 e. The van der Waals surface area contributed by atoms with Crippen LogP contribution in [-0.4, -0.2) is 54.8 Å². The van der Waals surface area contributed by atoms with Crippen LogP contribution in [0.25, 0.3) is 5.57 Å². The third-order valence-electron chi connectivity index (χ3n) is 6.30. The molecule has 2 amide bonds. The number of aryl methyl sites for hydroxylation is 2. The average molecular weight is 404 g/mol. The summed E-state index contributed by atoms with van der Waals surface area (Å²) in [5.74, 6) is -0.472. The molecule has 2 aliphatic rings. The number of carbonyl (C=O) groups is 2. The van der Waals surface area contributed by atoms with Crippen molar-refractivity contribution in [3.8, 4) is 0 Å². The molecule has 30 heavy (non-hydrogen) atoms. The summed E-state index contributed by atoms with van der Waals surface area (Å²) < 4.78 is 0. The van der Waals surface area contributed by atoms with Crippen LogP contribution in [0.2, 0.25) is 0 Å². The van der Waals surface area contributed by atoms with Gasteiger partial charge < -0.3 is 9.80 Å². The van der Waals surface area contributed by atoms with Gasteiger partial charge in [-0.15, -0.1) is 0 Å². The van der Waals surface area contributed by atoms with Gasteiger partial charge in [-0.2, -0.15) is 0 Å². The second kappa shape index (κ2) is 8.07. The van der Waals surface area contributed by atoms with Crippen LogP contribution in [0, 0.1) is 13.8 Å². The highest BCUT2D eigenvalue weighted by Crippen LogP contribution is 2.37. The molecule has 2 heterocycles. The highest BCUT2D eigenvalue weighted by atomic mass is 16.2. The van der Waals surface area contributed by atoms with Gasteiger partial charge in [-0.3, -0.25) is 9.59 Å². The first-order valence-corrected chi connectivity index (χ1v) is 10.6. The number of rotatable bonds is 4. The SMILES string of the molecule is Cc1ccc(N2C(=O)C(c3ccccc3)=C(N(C)C3CCN(C)CC3)C2=O)c(C)c1. The first-order valence-electron chi connectivity index (χ1n) is 10.6. The maximum Gasteiger partial charge on any atom is 0.282 e. The molecule has 2 aliphatic heterocycles. The molecule has 0 aliphatic carbocycles. The molecule has 156 valence electrons. The molecule has 0 saturated carbocycles. The van der Waals surface area contributed by atoms with Gasteiger partial charge in [0, 0.05) is 13.1 Å². The van der Waals surface area contributed by atoms with E-state index in [0.717, 1.165) is 42.6 Å². The lowest BCUT2D eigenvalue weighted by Crippen LogP contribution is -2.43. The molecule has 0 spiro atoms. The van der Waals surface area contributed by atoms with E-state index in [-0.39, 0.29) is 17.9 Å². The molecular formula is C25H29N3O2. The van der Waals surface area contributed by atoms with E-state index in [2.05, 4.69) is 16.8 Å². The van der Waals surface area contributed by atoms with Gasteiger partial charge >= 0.3 is 0 Å². The number of amides is 2. The fraction of sp³-hybridized carbons (Fsp3) is 0.360. The molecule has 0 bridgehead atoms. The van der Waals surface area contributed by atoms with E-state index in [0.29, 0.717) is 17.0 Å². The van der Waals surface area contributed by atoms with Gasteiger partial charge in [-0.25, -0.2) is 4.90 Å². The summed E-state index contributed by atoms with van der Waals surface area (Å²) in [4.78, 5) is 33.0. The van der Waals surface area contributed by atoms with Gasteiger partial charge in [0.05, 0.1) is 11.3 Å². The number of carbonyl (C=O) groups excluding carboxylic acids is 2. The molecule has 0 aromatic heterocycles. The van der Waals surface area contributed by atoms with Crippen molar-refractivity contribution in [3.05, 3.63) is 70.9 Å². The number of likely N-dealkylation sites (tertiary alicyclic amines) is 1. The Labute approximate surface area is 178 Å². The first-order chi connectivity index (χ1) is 14.4. The Morgan fingerprint density at radius 1 is 0.933 bits per heavy atom. The highest BCUT2D eigenvalue weighted by Gasteiger charge is 2.43. The standard InChI is InChI=1S/C25H29N3O2/c1-17-10-11-21(18(2)16-17)28-24(29)22(19-8-6-5-7-9-19)23(25(28)30)27(4)20-12-14-26(3)15-13-20/h5-11,16,20H,12-15H2,1-4H3. The maximum absolute atomic E-state index is 13.7. The summed E-state index contributed by atoms with van der Waals surface area (Å²) in [5.41, 5.74) is 4.50. The lowest BCUT2D eigenvalue weighted by Gasteiger charge is -2.36. The fourth-order valence-electron chi connectivity index (χ4n) is 4.55. The van der Waals surface area contributed by atoms with Crippen molar-refractivity contribution in [1.29, 1.82) is 0 Å². The van der Waals surface area contributed by atoms with Crippen LogP contribution in [-0.2, 0) is 9.59 Å². The third kappa shape index (κ3) is 3.54. The van der Waals surface area contributed by atoms with Crippen LogP contribution in [0.15, 0.2) is 54.2 Å². The molecule has 2 aromatic carbocycles. The number of hydrogen-bond acceptors (Lipinski definition) is 4. The lowest BCUT2D eigenvalue weighted by atomic mass is 10.0. The number of nitrogens with zero attached hydrogens (tertiary/aromatic N) is 3. The first kappa shape index (κ1) is 20.4. The zero-order valence-electron chi connectivity index (χ0n) is 18.2. The normalized spacial score (nSPS) is 18.5. The fourth-order valence-corrected chi connectivity index (χ4v) is 4.55. The number of hydrogen-bond donors (Lipinski definition) is 0. The van der Waals surface area contributed by atoms with Crippen LogP contribution in [0.1, 0.15) is 29.5 Å². The molecular weight excluding hydrogens is 374 g/mol. The summed E-state index contributed by atoms with van der Waals surface area (Å²) in [7, 11) is 4.09. The Balaban J connectivity index is 1.79. The number of benzene rings is 2. The van der Waals surface area contributed by atoms with E-state index in [4.69, 9.17) is 0 Å². The number of likely N-dealkylation sites (N-methyl/N-ethyl adjacent to an activating group) is 1. The molecule has 0 atom stereocenters. The van der Waals surface area contributed by atoms with Crippen molar-refractivity contribution in [1.82, 2.24) is 9.80 Å². The smallest absolute Gasteiger partial charge is 0.282 e. The van der Waals surface area contributed by atoms with Crippen molar-refractivity contribution >= 4 is 23.1 Å². The van der Waals surface area contributed by atoms with Crippen molar-refractivity contribution in [3.63, 3.8) is 0 Å². The maximum atomic E-state index is 13.7. The molecule has 4 rings (SSSR count). The van der Waals surface area contributed by atoms with Crippen molar-refractivity contribution in [2.24, 2.45) is 0 Å². The summed E-state index contributed by atoms with van der Waals surface area (Å²) in [6, 6.07) is 15.6. The number of imide groups is 1. The molecule has 0 N–H and O–H groups in total. The van der Waals surface area contributed by atoms with Crippen molar-refractivity contribution in [2.75, 3.05) is 32.1 Å². The largest absolute Gasteiger partial charge is 0.366 e. The molecule has 0 radical (unpaired) electrons. The van der Waals surface area contributed by atoms with Gasteiger partial charge in [-0.1, -0.05) is 48.0 Å². The average Bonchev–Trinajstić information content (AvgIpc) is 2.99. The molecule has 1 fully saturated rings. The minimum absolute atomic E-state index is 0.229. The van der Waals surface area contributed by atoms with E-state index in [1.807, 2.05) is 69.4 Å². The van der Waals surface area contributed by atoms with Crippen LogP contribution < -0.4 is 4.90 Å². The van der Waals surface area contributed by atoms with Crippen LogP contribution in [0.3, 0.4) is 0 Å².